The summed E-state index contributed by atoms with van der Waals surface area (Å²) in [5.41, 5.74) is 2.67. The third kappa shape index (κ3) is 4.28. The average molecular weight is 454 g/mol. The summed E-state index contributed by atoms with van der Waals surface area (Å²) >= 11 is 3.14. The van der Waals surface area contributed by atoms with Gasteiger partial charge in [0.05, 0.1) is 17.7 Å². The van der Waals surface area contributed by atoms with Gasteiger partial charge in [0.2, 0.25) is 5.91 Å². The molecule has 0 bridgehead atoms. The van der Waals surface area contributed by atoms with Crippen molar-refractivity contribution < 1.29 is 9.18 Å². The molecule has 0 radical (unpaired) electrons. The molecular formula is C22H20FN5OS2. The number of hydrogen-bond acceptors (Lipinski definition) is 6. The van der Waals surface area contributed by atoms with Crippen LogP contribution < -0.4 is 5.32 Å². The van der Waals surface area contributed by atoms with Gasteiger partial charge >= 0.3 is 0 Å². The fraction of sp³-hybridized carbons (Fsp3) is 0.273. The van der Waals surface area contributed by atoms with Crippen molar-refractivity contribution in [3.05, 3.63) is 57.7 Å². The van der Waals surface area contributed by atoms with Crippen molar-refractivity contribution >= 4 is 34.3 Å². The Kier molecular flexibility index (Phi) is 5.61. The second kappa shape index (κ2) is 8.68. The molecule has 0 spiro atoms. The van der Waals surface area contributed by atoms with Crippen molar-refractivity contribution in [3.8, 4) is 22.0 Å². The Balaban J connectivity index is 1.33. The molecule has 1 aromatic carbocycles. The fourth-order valence-electron chi connectivity index (χ4n) is 3.74. The van der Waals surface area contributed by atoms with E-state index in [9.17, 15) is 9.18 Å². The average Bonchev–Trinajstić information content (AvgIpc) is 3.49. The number of nitrogens with zero attached hydrogens (tertiary/aromatic N) is 4. The number of thiophene rings is 1. The van der Waals surface area contributed by atoms with Crippen LogP contribution >= 0.6 is 22.7 Å². The summed E-state index contributed by atoms with van der Waals surface area (Å²) in [6.07, 6.45) is 4.24. The van der Waals surface area contributed by atoms with Gasteiger partial charge in [0.1, 0.15) is 16.6 Å². The smallest absolute Gasteiger partial charge is 0.230 e. The van der Waals surface area contributed by atoms with Crippen LogP contribution in [0.5, 0.6) is 0 Å². The molecule has 3 aromatic heterocycles. The van der Waals surface area contributed by atoms with Gasteiger partial charge in [-0.1, -0.05) is 6.42 Å². The molecule has 4 aromatic rings. The van der Waals surface area contributed by atoms with E-state index >= 15 is 0 Å². The van der Waals surface area contributed by atoms with Crippen molar-refractivity contribution in [1.29, 1.82) is 0 Å². The van der Waals surface area contributed by atoms with Crippen LogP contribution in [0.3, 0.4) is 0 Å². The highest BCUT2D eigenvalue weighted by Gasteiger charge is 2.19. The molecule has 0 atom stereocenters. The summed E-state index contributed by atoms with van der Waals surface area (Å²) in [5, 5.41) is 18.2. The number of carbonyl (C=O) groups excluding carboxylic acids is 1. The molecule has 0 saturated carbocycles. The molecule has 4 heterocycles. The van der Waals surface area contributed by atoms with E-state index in [0.717, 1.165) is 48.6 Å². The molecule has 158 valence electrons. The second-order valence-electron chi connectivity index (χ2n) is 7.48. The standard InChI is InChI=1S/C22H20FN5OS2/c23-18-6-5-15(10-17(18)21-27-26-19-4-2-1-3-8-28(19)21)24-20(29)11-16-13-31-22(25-16)14-7-9-30-12-14/h5-7,9-10,12-13H,1-4,8,11H2,(H,24,29). The molecule has 9 heteroatoms. The number of amides is 1. The number of anilines is 1. The summed E-state index contributed by atoms with van der Waals surface area (Å²) in [6, 6.07) is 6.57. The highest BCUT2D eigenvalue weighted by Crippen LogP contribution is 2.28. The van der Waals surface area contributed by atoms with E-state index < -0.39 is 0 Å². The largest absolute Gasteiger partial charge is 0.326 e. The lowest BCUT2D eigenvalue weighted by molar-refractivity contribution is -0.115. The normalized spacial score (nSPS) is 13.6. The van der Waals surface area contributed by atoms with E-state index in [1.54, 1.807) is 23.5 Å². The van der Waals surface area contributed by atoms with E-state index in [0.29, 0.717) is 22.8 Å². The summed E-state index contributed by atoms with van der Waals surface area (Å²) in [4.78, 5) is 17.1. The number of aromatic nitrogens is 4. The molecule has 1 aliphatic rings. The first kappa shape index (κ1) is 20.0. The number of nitrogens with one attached hydrogen (secondary N) is 1. The van der Waals surface area contributed by atoms with Crippen LogP contribution in [0.4, 0.5) is 10.1 Å². The molecular weight excluding hydrogens is 433 g/mol. The number of hydrogen-bond donors (Lipinski definition) is 1. The highest BCUT2D eigenvalue weighted by atomic mass is 32.1. The summed E-state index contributed by atoms with van der Waals surface area (Å²) < 4.78 is 16.6. The summed E-state index contributed by atoms with van der Waals surface area (Å²) in [7, 11) is 0. The molecule has 0 aliphatic carbocycles. The third-order valence-corrected chi connectivity index (χ3v) is 6.89. The van der Waals surface area contributed by atoms with Crippen molar-refractivity contribution in [2.24, 2.45) is 0 Å². The van der Waals surface area contributed by atoms with Gasteiger partial charge in [0.15, 0.2) is 5.82 Å². The highest BCUT2D eigenvalue weighted by molar-refractivity contribution is 7.14. The number of rotatable bonds is 5. The maximum absolute atomic E-state index is 14.6. The quantitative estimate of drug-likeness (QED) is 0.452. The van der Waals surface area contributed by atoms with E-state index in [-0.39, 0.29) is 18.1 Å². The monoisotopic (exact) mass is 453 g/mol. The third-order valence-electron chi connectivity index (χ3n) is 5.26. The Labute approximate surface area is 186 Å². The molecule has 31 heavy (non-hydrogen) atoms. The summed E-state index contributed by atoms with van der Waals surface area (Å²) in [6.45, 7) is 0.782. The first-order valence-electron chi connectivity index (χ1n) is 10.2. The lowest BCUT2D eigenvalue weighted by Gasteiger charge is -2.10. The predicted molar refractivity (Wildman–Crippen MR) is 121 cm³/mol. The maximum atomic E-state index is 14.6. The number of halogens is 1. The zero-order valence-electron chi connectivity index (χ0n) is 16.7. The molecule has 1 amide bonds. The molecule has 1 aliphatic heterocycles. The SMILES string of the molecule is O=C(Cc1csc(-c2ccsc2)n1)Nc1ccc(F)c(-c2nnc3n2CCCCC3)c1. The first-order valence-corrected chi connectivity index (χ1v) is 12.0. The fourth-order valence-corrected chi connectivity index (χ4v) is 5.27. The Morgan fingerprint density at radius 2 is 2.10 bits per heavy atom. The van der Waals surface area contributed by atoms with E-state index in [2.05, 4.69) is 20.5 Å². The number of thiazole rings is 1. The number of fused-ring (bicyclic) bond motifs is 1. The minimum absolute atomic E-state index is 0.160. The van der Waals surface area contributed by atoms with Gasteiger partial charge in [-0.05, 0) is 42.5 Å². The predicted octanol–water partition coefficient (Wildman–Crippen LogP) is 5.18. The molecule has 0 unspecified atom stereocenters. The second-order valence-corrected chi connectivity index (χ2v) is 9.12. The van der Waals surface area contributed by atoms with E-state index in [1.165, 1.54) is 17.4 Å². The van der Waals surface area contributed by atoms with Gasteiger partial charge in [-0.25, -0.2) is 9.37 Å². The van der Waals surface area contributed by atoms with Crippen LogP contribution in [0, 0.1) is 5.82 Å². The number of carbonyl (C=O) groups is 1. The minimum atomic E-state index is -0.377. The van der Waals surface area contributed by atoms with Crippen molar-refractivity contribution in [2.75, 3.05) is 5.32 Å². The lowest BCUT2D eigenvalue weighted by Crippen LogP contribution is -2.15. The van der Waals surface area contributed by atoms with Crippen LogP contribution in [0.15, 0.2) is 40.4 Å². The van der Waals surface area contributed by atoms with E-state index in [4.69, 9.17) is 0 Å². The first-order chi connectivity index (χ1) is 15.2. The topological polar surface area (TPSA) is 72.7 Å². The zero-order valence-corrected chi connectivity index (χ0v) is 18.3. The minimum Gasteiger partial charge on any atom is -0.326 e. The van der Waals surface area contributed by atoms with Gasteiger partial charge in [0.25, 0.3) is 0 Å². The molecule has 6 nitrogen and oxygen atoms in total. The van der Waals surface area contributed by atoms with Crippen LogP contribution in [0.25, 0.3) is 22.0 Å². The van der Waals surface area contributed by atoms with Gasteiger partial charge in [0, 0.05) is 35.0 Å². The Morgan fingerprint density at radius 1 is 1.16 bits per heavy atom. The van der Waals surface area contributed by atoms with Gasteiger partial charge < -0.3 is 9.88 Å². The van der Waals surface area contributed by atoms with Gasteiger partial charge in [-0.2, -0.15) is 11.3 Å². The summed E-state index contributed by atoms with van der Waals surface area (Å²) in [5.74, 6) is 0.842. The van der Waals surface area contributed by atoms with E-state index in [1.807, 2.05) is 26.8 Å². The Morgan fingerprint density at radius 3 is 2.97 bits per heavy atom. The van der Waals surface area contributed by atoms with Gasteiger partial charge in [-0.3, -0.25) is 4.79 Å². The Bertz CT molecular complexity index is 1210. The van der Waals surface area contributed by atoms with Crippen LogP contribution in [-0.4, -0.2) is 25.7 Å². The number of benzene rings is 1. The van der Waals surface area contributed by atoms with Crippen LogP contribution in [0.2, 0.25) is 0 Å². The Hall–Kier alpha value is -2.91. The van der Waals surface area contributed by atoms with Crippen LogP contribution in [-0.2, 0) is 24.2 Å². The molecule has 0 fully saturated rings. The van der Waals surface area contributed by atoms with Crippen molar-refractivity contribution in [3.63, 3.8) is 0 Å². The molecule has 5 rings (SSSR count). The lowest BCUT2D eigenvalue weighted by atomic mass is 10.1. The zero-order chi connectivity index (χ0) is 21.2. The molecule has 1 N–H and O–H groups in total. The molecule has 0 saturated heterocycles. The van der Waals surface area contributed by atoms with Crippen molar-refractivity contribution in [1.82, 2.24) is 19.7 Å². The van der Waals surface area contributed by atoms with Crippen molar-refractivity contribution in [2.45, 2.75) is 38.6 Å². The maximum Gasteiger partial charge on any atom is 0.230 e. The van der Waals surface area contributed by atoms with Gasteiger partial charge in [-0.15, -0.1) is 21.5 Å². The van der Waals surface area contributed by atoms with Crippen LogP contribution in [0.1, 0.15) is 30.8 Å². The number of aryl methyl sites for hydroxylation is 1.